The van der Waals surface area contributed by atoms with Crippen LogP contribution in [-0.4, -0.2) is 13.1 Å². The number of rotatable bonds is 3. The van der Waals surface area contributed by atoms with E-state index in [1.54, 1.807) is 19.1 Å². The molecule has 94 valence electrons. The van der Waals surface area contributed by atoms with Crippen LogP contribution in [0.2, 0.25) is 0 Å². The number of alkyl halides is 2. The normalized spacial score (nSPS) is 20.8. The van der Waals surface area contributed by atoms with Crippen LogP contribution in [-0.2, 0) is 5.92 Å². The molecular formula is C14H19F2N. The van der Waals surface area contributed by atoms with Gasteiger partial charge in [-0.15, -0.1) is 0 Å². The van der Waals surface area contributed by atoms with Crippen LogP contribution >= 0.6 is 0 Å². The molecule has 1 fully saturated rings. The van der Waals surface area contributed by atoms with E-state index >= 15 is 0 Å². The molecule has 0 saturated carbocycles. The number of halogens is 2. The highest BCUT2D eigenvalue weighted by Crippen LogP contribution is 2.38. The summed E-state index contributed by atoms with van der Waals surface area (Å²) in [7, 11) is 0. The van der Waals surface area contributed by atoms with E-state index < -0.39 is 5.92 Å². The second kappa shape index (κ2) is 4.73. The van der Waals surface area contributed by atoms with E-state index in [0.717, 1.165) is 25.1 Å². The van der Waals surface area contributed by atoms with Crippen LogP contribution in [0, 0.1) is 19.8 Å². The number of hydrogen-bond acceptors (Lipinski definition) is 1. The molecule has 0 aliphatic carbocycles. The van der Waals surface area contributed by atoms with Gasteiger partial charge in [0, 0.05) is 12.0 Å². The molecule has 3 heteroatoms. The molecule has 1 atom stereocenters. The van der Waals surface area contributed by atoms with E-state index in [2.05, 4.69) is 5.32 Å². The van der Waals surface area contributed by atoms with Gasteiger partial charge in [0.05, 0.1) is 0 Å². The quantitative estimate of drug-likeness (QED) is 0.852. The SMILES string of the molecule is Cc1ccc(C(F)(F)CC2CCNC2)c(C)c1. The molecule has 0 aromatic heterocycles. The van der Waals surface area contributed by atoms with Crippen LogP contribution in [0.4, 0.5) is 8.78 Å². The largest absolute Gasteiger partial charge is 0.316 e. The first-order valence-electron chi connectivity index (χ1n) is 6.15. The van der Waals surface area contributed by atoms with Crippen molar-refractivity contribution in [3.63, 3.8) is 0 Å². The van der Waals surface area contributed by atoms with E-state index in [0.29, 0.717) is 5.56 Å². The summed E-state index contributed by atoms with van der Waals surface area (Å²) in [5.41, 5.74) is 1.92. The lowest BCUT2D eigenvalue weighted by Gasteiger charge is -2.22. The lowest BCUT2D eigenvalue weighted by molar-refractivity contribution is -0.0273. The van der Waals surface area contributed by atoms with Gasteiger partial charge in [-0.2, -0.15) is 0 Å². The third kappa shape index (κ3) is 2.83. The lowest BCUT2D eigenvalue weighted by atomic mass is 9.92. The summed E-state index contributed by atoms with van der Waals surface area (Å²) in [5, 5.41) is 3.14. The third-order valence-electron chi connectivity index (χ3n) is 3.48. The number of aryl methyl sites for hydroxylation is 2. The Hall–Kier alpha value is -0.960. The van der Waals surface area contributed by atoms with Crippen molar-refractivity contribution >= 4 is 0 Å². The first-order valence-corrected chi connectivity index (χ1v) is 6.15. The Balaban J connectivity index is 2.17. The topological polar surface area (TPSA) is 12.0 Å². The zero-order valence-corrected chi connectivity index (χ0v) is 10.4. The molecule has 1 aliphatic heterocycles. The predicted molar refractivity (Wildman–Crippen MR) is 65.4 cm³/mol. The Bertz CT molecular complexity index is 395. The Morgan fingerprint density at radius 3 is 2.71 bits per heavy atom. The Morgan fingerprint density at radius 2 is 2.12 bits per heavy atom. The van der Waals surface area contributed by atoms with Crippen LogP contribution in [0.1, 0.15) is 29.5 Å². The molecule has 1 aliphatic rings. The van der Waals surface area contributed by atoms with Gasteiger partial charge in [0.15, 0.2) is 0 Å². The van der Waals surface area contributed by atoms with Gasteiger partial charge in [0.1, 0.15) is 0 Å². The minimum Gasteiger partial charge on any atom is -0.316 e. The van der Waals surface area contributed by atoms with Gasteiger partial charge in [-0.3, -0.25) is 0 Å². The highest BCUT2D eigenvalue weighted by Gasteiger charge is 2.36. The molecule has 0 spiro atoms. The maximum Gasteiger partial charge on any atom is 0.273 e. The van der Waals surface area contributed by atoms with Gasteiger partial charge < -0.3 is 5.32 Å². The number of benzene rings is 1. The molecule has 1 N–H and O–H groups in total. The van der Waals surface area contributed by atoms with E-state index in [9.17, 15) is 8.78 Å². The summed E-state index contributed by atoms with van der Waals surface area (Å²) >= 11 is 0. The van der Waals surface area contributed by atoms with Crippen LogP contribution in [0.5, 0.6) is 0 Å². The lowest BCUT2D eigenvalue weighted by Crippen LogP contribution is -2.21. The minimum atomic E-state index is -2.70. The second-order valence-corrected chi connectivity index (χ2v) is 5.09. The van der Waals surface area contributed by atoms with E-state index in [4.69, 9.17) is 0 Å². The molecule has 1 nitrogen and oxygen atoms in total. The summed E-state index contributed by atoms with van der Waals surface area (Å²) in [4.78, 5) is 0. The Morgan fingerprint density at radius 1 is 1.35 bits per heavy atom. The van der Waals surface area contributed by atoms with Crippen LogP contribution in [0.25, 0.3) is 0 Å². The highest BCUT2D eigenvalue weighted by molar-refractivity contribution is 5.33. The summed E-state index contributed by atoms with van der Waals surface area (Å²) in [6, 6.07) is 5.17. The first kappa shape index (κ1) is 12.5. The third-order valence-corrected chi connectivity index (χ3v) is 3.48. The summed E-state index contributed by atoms with van der Waals surface area (Å²) in [6.45, 7) is 5.28. The van der Waals surface area contributed by atoms with Crippen LogP contribution in [0.3, 0.4) is 0 Å². The van der Waals surface area contributed by atoms with E-state index in [1.807, 2.05) is 13.0 Å². The van der Waals surface area contributed by atoms with Gasteiger partial charge in [-0.25, -0.2) is 8.78 Å². The fourth-order valence-corrected chi connectivity index (χ4v) is 2.59. The van der Waals surface area contributed by atoms with Gasteiger partial charge in [-0.05, 0) is 44.8 Å². The van der Waals surface area contributed by atoms with Crippen molar-refractivity contribution in [2.45, 2.75) is 32.6 Å². The van der Waals surface area contributed by atoms with Crippen molar-refractivity contribution in [3.05, 3.63) is 34.9 Å². The predicted octanol–water partition coefficient (Wildman–Crippen LogP) is 3.39. The molecule has 17 heavy (non-hydrogen) atoms. The number of nitrogens with one attached hydrogen (secondary N) is 1. The Labute approximate surface area is 101 Å². The molecule has 0 amide bonds. The maximum absolute atomic E-state index is 14.2. The highest BCUT2D eigenvalue weighted by atomic mass is 19.3. The molecule has 1 unspecified atom stereocenters. The Kier molecular flexibility index (Phi) is 3.48. The molecule has 1 aromatic rings. The minimum absolute atomic E-state index is 0.0378. The molecule has 1 aromatic carbocycles. The van der Waals surface area contributed by atoms with Crippen molar-refractivity contribution < 1.29 is 8.78 Å². The molecule has 1 heterocycles. The van der Waals surface area contributed by atoms with Crippen molar-refractivity contribution in [2.24, 2.45) is 5.92 Å². The van der Waals surface area contributed by atoms with Crippen LogP contribution < -0.4 is 5.32 Å². The fourth-order valence-electron chi connectivity index (χ4n) is 2.59. The molecule has 1 saturated heterocycles. The van der Waals surface area contributed by atoms with E-state index in [-0.39, 0.29) is 17.9 Å². The van der Waals surface area contributed by atoms with Crippen molar-refractivity contribution in [1.29, 1.82) is 0 Å². The summed E-state index contributed by atoms with van der Waals surface area (Å²) < 4.78 is 28.3. The molecule has 0 bridgehead atoms. The van der Waals surface area contributed by atoms with Crippen molar-refractivity contribution in [2.75, 3.05) is 13.1 Å². The molecule has 2 rings (SSSR count). The van der Waals surface area contributed by atoms with Crippen molar-refractivity contribution in [3.8, 4) is 0 Å². The zero-order valence-electron chi connectivity index (χ0n) is 10.4. The maximum atomic E-state index is 14.2. The average molecular weight is 239 g/mol. The fraction of sp³-hybridized carbons (Fsp3) is 0.571. The molecule has 0 radical (unpaired) electrons. The van der Waals surface area contributed by atoms with Gasteiger partial charge >= 0.3 is 0 Å². The monoisotopic (exact) mass is 239 g/mol. The average Bonchev–Trinajstić information content (AvgIpc) is 2.68. The van der Waals surface area contributed by atoms with Crippen molar-refractivity contribution in [1.82, 2.24) is 5.32 Å². The second-order valence-electron chi connectivity index (χ2n) is 5.09. The molecular weight excluding hydrogens is 220 g/mol. The summed E-state index contributed by atoms with van der Waals surface area (Å²) in [6.07, 6.45) is 0.824. The standard InChI is InChI=1S/C14H19F2N/c1-10-3-4-13(11(2)7-10)14(15,16)8-12-5-6-17-9-12/h3-4,7,12,17H,5-6,8-9H2,1-2H3. The van der Waals surface area contributed by atoms with Gasteiger partial charge in [-0.1, -0.05) is 23.8 Å². The zero-order chi connectivity index (χ0) is 12.5. The number of hydrogen-bond donors (Lipinski definition) is 1. The smallest absolute Gasteiger partial charge is 0.273 e. The van der Waals surface area contributed by atoms with E-state index in [1.165, 1.54) is 0 Å². The first-order chi connectivity index (χ1) is 7.99. The van der Waals surface area contributed by atoms with Crippen LogP contribution in [0.15, 0.2) is 18.2 Å². The summed E-state index contributed by atoms with van der Waals surface area (Å²) in [5.74, 6) is -2.60. The van der Waals surface area contributed by atoms with Gasteiger partial charge in [0.25, 0.3) is 5.92 Å². The van der Waals surface area contributed by atoms with Gasteiger partial charge in [0.2, 0.25) is 0 Å².